The van der Waals surface area contributed by atoms with Crippen molar-refractivity contribution in [1.29, 1.82) is 0 Å². The first-order valence-electron chi connectivity index (χ1n) is 7.83. The summed E-state index contributed by atoms with van der Waals surface area (Å²) in [4.78, 5) is 11.6. The Kier molecular flexibility index (Phi) is 4.57. The molecule has 126 valence electrons. The number of methoxy groups -OCH3 is 1. The summed E-state index contributed by atoms with van der Waals surface area (Å²) in [6.07, 6.45) is 4.08. The van der Waals surface area contributed by atoms with E-state index < -0.39 is 16.0 Å². The lowest BCUT2D eigenvalue weighted by Crippen LogP contribution is -2.16. The number of ether oxygens (including phenoxy) is 1. The van der Waals surface area contributed by atoms with E-state index in [9.17, 15) is 13.2 Å². The molecule has 1 aliphatic rings. The molecule has 0 unspecified atom stereocenters. The van der Waals surface area contributed by atoms with E-state index in [1.807, 2.05) is 6.07 Å². The number of esters is 1. The first kappa shape index (κ1) is 16.5. The van der Waals surface area contributed by atoms with Gasteiger partial charge < -0.3 is 4.74 Å². The van der Waals surface area contributed by atoms with Crippen molar-refractivity contribution in [2.75, 3.05) is 11.8 Å². The predicted molar refractivity (Wildman–Crippen MR) is 91.7 cm³/mol. The van der Waals surface area contributed by atoms with Crippen LogP contribution in [0.25, 0.3) is 0 Å². The number of carbonyl (C=O) groups is 1. The highest BCUT2D eigenvalue weighted by atomic mass is 32.2. The van der Waals surface area contributed by atoms with Crippen LogP contribution in [0.5, 0.6) is 0 Å². The maximum atomic E-state index is 12.6. The number of hydrogen-bond donors (Lipinski definition) is 1. The summed E-state index contributed by atoms with van der Waals surface area (Å²) < 4.78 is 32.5. The molecule has 1 N–H and O–H groups in total. The van der Waals surface area contributed by atoms with Crippen LogP contribution in [0.4, 0.5) is 5.69 Å². The molecule has 0 saturated heterocycles. The molecule has 0 saturated carbocycles. The third-order valence-electron chi connectivity index (χ3n) is 4.23. The second-order valence-corrected chi connectivity index (χ2v) is 7.45. The van der Waals surface area contributed by atoms with Gasteiger partial charge in [0.2, 0.25) is 0 Å². The summed E-state index contributed by atoms with van der Waals surface area (Å²) in [5.74, 6) is -0.496. The molecule has 1 aliphatic carbocycles. The number of sulfonamides is 1. The first-order chi connectivity index (χ1) is 11.5. The lowest BCUT2D eigenvalue weighted by Gasteiger charge is -2.20. The van der Waals surface area contributed by atoms with E-state index in [-0.39, 0.29) is 4.90 Å². The molecule has 24 heavy (non-hydrogen) atoms. The summed E-state index contributed by atoms with van der Waals surface area (Å²) in [6, 6.07) is 11.4. The molecule has 0 spiro atoms. The van der Waals surface area contributed by atoms with Crippen LogP contribution in [-0.4, -0.2) is 21.5 Å². The van der Waals surface area contributed by atoms with Gasteiger partial charge in [0.15, 0.2) is 0 Å². The highest BCUT2D eigenvalue weighted by Crippen LogP contribution is 2.29. The summed E-state index contributed by atoms with van der Waals surface area (Å²) in [7, 11) is -2.41. The minimum absolute atomic E-state index is 0.114. The van der Waals surface area contributed by atoms with Gasteiger partial charge in [0.1, 0.15) is 0 Å². The fraction of sp³-hybridized carbons (Fsp3) is 0.278. The van der Waals surface area contributed by atoms with E-state index >= 15 is 0 Å². The molecule has 6 heteroatoms. The van der Waals surface area contributed by atoms with Gasteiger partial charge in [-0.05, 0) is 67.1 Å². The van der Waals surface area contributed by atoms with Crippen molar-refractivity contribution < 1.29 is 17.9 Å². The molecular weight excluding hydrogens is 326 g/mol. The van der Waals surface area contributed by atoms with Crippen molar-refractivity contribution in [3.8, 4) is 0 Å². The van der Waals surface area contributed by atoms with E-state index in [0.717, 1.165) is 31.2 Å². The molecule has 0 atom stereocenters. The van der Waals surface area contributed by atoms with Gasteiger partial charge in [0, 0.05) is 0 Å². The second kappa shape index (κ2) is 6.65. The average Bonchev–Trinajstić information content (AvgIpc) is 2.61. The van der Waals surface area contributed by atoms with Gasteiger partial charge >= 0.3 is 5.97 Å². The van der Waals surface area contributed by atoms with Crippen molar-refractivity contribution in [3.63, 3.8) is 0 Å². The van der Waals surface area contributed by atoms with Crippen molar-refractivity contribution in [2.24, 2.45) is 0 Å². The third-order valence-corrected chi connectivity index (χ3v) is 5.61. The number of hydrogen-bond acceptors (Lipinski definition) is 4. The standard InChI is InChI=1S/C18H19NO4S/c1-23-18(20)14-9-11-15(12-10-14)24(21,22)19-17-8-4-6-13-5-2-3-7-16(13)17/h4,6,8-12,19H,2-3,5,7H2,1H3. The fourth-order valence-corrected chi connectivity index (χ4v) is 4.06. The van der Waals surface area contributed by atoms with Crippen molar-refractivity contribution in [2.45, 2.75) is 30.6 Å². The quantitative estimate of drug-likeness (QED) is 0.864. The Morgan fingerprint density at radius 2 is 1.75 bits per heavy atom. The maximum Gasteiger partial charge on any atom is 0.337 e. The van der Waals surface area contributed by atoms with Gasteiger partial charge in [-0.2, -0.15) is 0 Å². The number of rotatable bonds is 4. The molecule has 0 fully saturated rings. The Labute approximate surface area is 141 Å². The number of nitrogens with one attached hydrogen (secondary N) is 1. The normalized spacial score (nSPS) is 13.9. The zero-order valence-electron chi connectivity index (χ0n) is 13.4. The zero-order chi connectivity index (χ0) is 17.2. The monoisotopic (exact) mass is 345 g/mol. The minimum Gasteiger partial charge on any atom is -0.465 e. The predicted octanol–water partition coefficient (Wildman–Crippen LogP) is 3.15. The van der Waals surface area contributed by atoms with Gasteiger partial charge in [0.25, 0.3) is 10.0 Å². The molecule has 0 radical (unpaired) electrons. The van der Waals surface area contributed by atoms with Crippen molar-refractivity contribution in [3.05, 3.63) is 59.2 Å². The zero-order valence-corrected chi connectivity index (χ0v) is 14.2. The van der Waals surface area contributed by atoms with Crippen LogP contribution in [0.1, 0.15) is 34.3 Å². The number of aryl methyl sites for hydroxylation is 1. The molecule has 0 amide bonds. The highest BCUT2D eigenvalue weighted by molar-refractivity contribution is 7.92. The smallest absolute Gasteiger partial charge is 0.337 e. The summed E-state index contributed by atoms with van der Waals surface area (Å²) in [6.45, 7) is 0. The topological polar surface area (TPSA) is 72.5 Å². The minimum atomic E-state index is -3.70. The lowest BCUT2D eigenvalue weighted by molar-refractivity contribution is 0.0600. The molecule has 0 aliphatic heterocycles. The van der Waals surface area contributed by atoms with Crippen LogP contribution >= 0.6 is 0 Å². The molecule has 0 heterocycles. The second-order valence-electron chi connectivity index (χ2n) is 5.77. The summed E-state index contributed by atoms with van der Waals surface area (Å²) in [5.41, 5.74) is 3.25. The SMILES string of the molecule is COC(=O)c1ccc(S(=O)(=O)Nc2cccc3c2CCCC3)cc1. The molecule has 3 rings (SSSR count). The van der Waals surface area contributed by atoms with Crippen LogP contribution < -0.4 is 4.72 Å². The largest absolute Gasteiger partial charge is 0.465 e. The third kappa shape index (κ3) is 3.28. The van der Waals surface area contributed by atoms with Gasteiger partial charge in [-0.25, -0.2) is 13.2 Å². The van der Waals surface area contributed by atoms with Crippen LogP contribution in [0.3, 0.4) is 0 Å². The molecular formula is C18H19NO4S. The van der Waals surface area contributed by atoms with Crippen LogP contribution in [-0.2, 0) is 27.6 Å². The van der Waals surface area contributed by atoms with Crippen LogP contribution in [0.2, 0.25) is 0 Å². The highest BCUT2D eigenvalue weighted by Gasteiger charge is 2.19. The molecule has 5 nitrogen and oxygen atoms in total. The van der Waals surface area contributed by atoms with Crippen LogP contribution in [0.15, 0.2) is 47.4 Å². The lowest BCUT2D eigenvalue weighted by atomic mass is 9.91. The average molecular weight is 345 g/mol. The van der Waals surface area contributed by atoms with Crippen molar-refractivity contribution in [1.82, 2.24) is 0 Å². The fourth-order valence-electron chi connectivity index (χ4n) is 2.97. The van der Waals surface area contributed by atoms with E-state index in [2.05, 4.69) is 15.5 Å². The van der Waals surface area contributed by atoms with Crippen LogP contribution in [0, 0.1) is 0 Å². The maximum absolute atomic E-state index is 12.6. The van der Waals surface area contributed by atoms with Gasteiger partial charge in [0.05, 0.1) is 23.3 Å². The summed E-state index contributed by atoms with van der Waals surface area (Å²) in [5, 5.41) is 0. The molecule has 0 aromatic heterocycles. The number of fused-ring (bicyclic) bond motifs is 1. The number of carbonyl (C=O) groups excluding carboxylic acids is 1. The first-order valence-corrected chi connectivity index (χ1v) is 9.31. The van der Waals surface area contributed by atoms with E-state index in [1.54, 1.807) is 6.07 Å². The van der Waals surface area contributed by atoms with E-state index in [4.69, 9.17) is 0 Å². The van der Waals surface area contributed by atoms with Gasteiger partial charge in [-0.3, -0.25) is 4.72 Å². The van der Waals surface area contributed by atoms with Gasteiger partial charge in [-0.1, -0.05) is 12.1 Å². The Hall–Kier alpha value is -2.34. The molecule has 2 aromatic carbocycles. The number of anilines is 1. The Morgan fingerprint density at radius 1 is 1.04 bits per heavy atom. The summed E-state index contributed by atoms with van der Waals surface area (Å²) >= 11 is 0. The molecule has 0 bridgehead atoms. The Balaban J connectivity index is 1.88. The Bertz CT molecular complexity index is 857. The Morgan fingerprint density at radius 3 is 2.46 bits per heavy atom. The van der Waals surface area contributed by atoms with E-state index in [1.165, 1.54) is 36.9 Å². The van der Waals surface area contributed by atoms with Crippen molar-refractivity contribution >= 4 is 21.7 Å². The van der Waals surface area contributed by atoms with E-state index in [0.29, 0.717) is 11.3 Å². The molecule has 2 aromatic rings. The number of benzene rings is 2. The van der Waals surface area contributed by atoms with Gasteiger partial charge in [-0.15, -0.1) is 0 Å².